The molecule has 2 aromatic heterocycles. The van der Waals surface area contributed by atoms with Crippen molar-refractivity contribution >= 4 is 5.78 Å². The fourth-order valence-corrected chi connectivity index (χ4v) is 3.78. The Morgan fingerprint density at radius 3 is 1.89 bits per heavy atom. The standard InChI is InChI=1S/C19H17NO3.C9H7NO2/c1-13(21)12-16(14-8-4-2-5-9-14)18-17(20-19(22)23-18)15-10-6-3-7-11-15;11-9-10-8(6-12-9)7-4-2-1-3-5-7/h2-11,16H,12H2,1H3,(H,20,22);1-6H,(H,10,11). The Balaban J connectivity index is 0.000000201. The van der Waals surface area contributed by atoms with E-state index in [4.69, 9.17) is 4.42 Å². The molecule has 0 radical (unpaired) electrons. The largest absolute Gasteiger partial charge is 0.416 e. The van der Waals surface area contributed by atoms with Gasteiger partial charge in [0.25, 0.3) is 0 Å². The Bertz CT molecular complexity index is 1480. The third-order valence-electron chi connectivity index (χ3n) is 5.35. The lowest BCUT2D eigenvalue weighted by molar-refractivity contribution is -0.117. The second-order valence-corrected chi connectivity index (χ2v) is 7.92. The van der Waals surface area contributed by atoms with Gasteiger partial charge in [0, 0.05) is 17.5 Å². The molecule has 1 unspecified atom stereocenters. The van der Waals surface area contributed by atoms with Crippen molar-refractivity contribution < 1.29 is 13.6 Å². The van der Waals surface area contributed by atoms with Gasteiger partial charge in [-0.25, -0.2) is 9.59 Å². The van der Waals surface area contributed by atoms with E-state index in [-0.39, 0.29) is 18.1 Å². The lowest BCUT2D eigenvalue weighted by Crippen LogP contribution is -2.07. The highest BCUT2D eigenvalue weighted by atomic mass is 16.4. The van der Waals surface area contributed by atoms with E-state index in [1.54, 1.807) is 6.92 Å². The Kier molecular flexibility index (Phi) is 7.37. The molecule has 2 N–H and O–H groups in total. The summed E-state index contributed by atoms with van der Waals surface area (Å²) in [6.07, 6.45) is 1.70. The second-order valence-electron chi connectivity index (χ2n) is 7.92. The summed E-state index contributed by atoms with van der Waals surface area (Å²) in [6, 6.07) is 28.7. The molecule has 1 atom stereocenters. The van der Waals surface area contributed by atoms with Crippen LogP contribution in [0, 0.1) is 0 Å². The average Bonchev–Trinajstić information content (AvgIpc) is 3.50. The number of oxazole rings is 2. The highest BCUT2D eigenvalue weighted by Gasteiger charge is 2.25. The molecule has 0 bridgehead atoms. The number of ketones is 1. The predicted molar refractivity (Wildman–Crippen MR) is 133 cm³/mol. The number of Topliss-reactive ketones (excluding diaryl/α,β-unsaturated/α-hetero) is 1. The number of rotatable bonds is 6. The van der Waals surface area contributed by atoms with Gasteiger partial charge >= 0.3 is 11.5 Å². The molecular weight excluding hydrogens is 444 g/mol. The molecule has 2 heterocycles. The van der Waals surface area contributed by atoms with E-state index in [0.717, 1.165) is 16.7 Å². The van der Waals surface area contributed by atoms with Crippen LogP contribution in [-0.2, 0) is 4.79 Å². The third-order valence-corrected chi connectivity index (χ3v) is 5.35. The summed E-state index contributed by atoms with van der Waals surface area (Å²) >= 11 is 0. The molecular formula is C28H24N2O5. The maximum atomic E-state index is 11.8. The van der Waals surface area contributed by atoms with Crippen LogP contribution in [-0.4, -0.2) is 15.8 Å². The molecule has 7 heteroatoms. The molecule has 0 aliphatic heterocycles. The minimum atomic E-state index is -0.511. The first-order valence-electron chi connectivity index (χ1n) is 11.1. The fourth-order valence-electron chi connectivity index (χ4n) is 3.78. The molecule has 5 rings (SSSR count). The van der Waals surface area contributed by atoms with Crippen LogP contribution >= 0.6 is 0 Å². The van der Waals surface area contributed by atoms with E-state index in [1.807, 2.05) is 91.0 Å². The number of hydrogen-bond acceptors (Lipinski definition) is 5. The maximum Gasteiger partial charge on any atom is 0.416 e. The third kappa shape index (κ3) is 6.03. The highest BCUT2D eigenvalue weighted by molar-refractivity contribution is 5.77. The SMILES string of the molecule is CC(=O)CC(c1ccccc1)c1oc(=O)[nH]c1-c1ccccc1.O=c1[nH]c(-c2ccccc2)co1. The normalized spacial score (nSPS) is 11.3. The molecule has 0 amide bonds. The van der Waals surface area contributed by atoms with Crippen LogP contribution in [0.3, 0.4) is 0 Å². The van der Waals surface area contributed by atoms with E-state index < -0.39 is 11.5 Å². The van der Waals surface area contributed by atoms with E-state index in [2.05, 4.69) is 14.4 Å². The summed E-state index contributed by atoms with van der Waals surface area (Å²) in [5, 5.41) is 0. The molecule has 0 spiro atoms. The van der Waals surface area contributed by atoms with Gasteiger partial charge in [-0.15, -0.1) is 0 Å². The van der Waals surface area contributed by atoms with Gasteiger partial charge < -0.3 is 8.83 Å². The molecule has 0 saturated heterocycles. The van der Waals surface area contributed by atoms with Crippen LogP contribution in [0.2, 0.25) is 0 Å². The number of H-pyrrole nitrogens is 2. The monoisotopic (exact) mass is 468 g/mol. The summed E-state index contributed by atoms with van der Waals surface area (Å²) in [6.45, 7) is 1.54. The smallest absolute Gasteiger partial charge is 0.416 e. The number of aromatic amines is 2. The second kappa shape index (κ2) is 11.0. The van der Waals surface area contributed by atoms with Gasteiger partial charge in [-0.3, -0.25) is 14.8 Å². The van der Waals surface area contributed by atoms with Gasteiger partial charge in [-0.05, 0) is 12.5 Å². The lowest BCUT2D eigenvalue weighted by Gasteiger charge is -2.15. The Hall–Kier alpha value is -4.65. The highest BCUT2D eigenvalue weighted by Crippen LogP contribution is 2.34. The number of hydrogen-bond donors (Lipinski definition) is 2. The summed E-state index contributed by atoms with van der Waals surface area (Å²) in [4.78, 5) is 39.5. The van der Waals surface area contributed by atoms with Crippen molar-refractivity contribution in [1.82, 2.24) is 9.97 Å². The number of aromatic nitrogens is 2. The molecule has 0 saturated carbocycles. The van der Waals surface area contributed by atoms with Crippen molar-refractivity contribution in [2.75, 3.05) is 0 Å². The fraction of sp³-hybridized carbons (Fsp3) is 0.107. The van der Waals surface area contributed by atoms with Crippen LogP contribution in [0.4, 0.5) is 0 Å². The Labute approximate surface area is 201 Å². The molecule has 176 valence electrons. The van der Waals surface area contributed by atoms with Gasteiger partial charge in [0.05, 0.1) is 17.3 Å². The van der Waals surface area contributed by atoms with Crippen LogP contribution < -0.4 is 11.5 Å². The van der Waals surface area contributed by atoms with Gasteiger partial charge in [0.2, 0.25) is 0 Å². The van der Waals surface area contributed by atoms with Gasteiger partial charge in [-0.2, -0.15) is 0 Å². The summed E-state index contributed by atoms with van der Waals surface area (Å²) in [7, 11) is 0. The zero-order valence-electron chi connectivity index (χ0n) is 19.1. The maximum absolute atomic E-state index is 11.8. The van der Waals surface area contributed by atoms with E-state index in [1.165, 1.54) is 6.26 Å². The lowest BCUT2D eigenvalue weighted by atomic mass is 9.89. The number of nitrogens with one attached hydrogen (secondary N) is 2. The Morgan fingerprint density at radius 2 is 1.34 bits per heavy atom. The molecule has 0 aliphatic rings. The van der Waals surface area contributed by atoms with Crippen LogP contribution in [0.15, 0.2) is 116 Å². The van der Waals surface area contributed by atoms with Crippen LogP contribution in [0.1, 0.15) is 30.6 Å². The van der Waals surface area contributed by atoms with E-state index in [9.17, 15) is 14.4 Å². The van der Waals surface area contributed by atoms with E-state index >= 15 is 0 Å². The van der Waals surface area contributed by atoms with E-state index in [0.29, 0.717) is 17.1 Å². The molecule has 0 aliphatic carbocycles. The quantitative estimate of drug-likeness (QED) is 0.348. The van der Waals surface area contributed by atoms with Gasteiger partial charge in [-0.1, -0.05) is 91.0 Å². The van der Waals surface area contributed by atoms with Crippen molar-refractivity contribution in [3.63, 3.8) is 0 Å². The van der Waals surface area contributed by atoms with Crippen molar-refractivity contribution in [3.05, 3.63) is 130 Å². The first-order chi connectivity index (χ1) is 17.0. The average molecular weight is 469 g/mol. The molecule has 7 nitrogen and oxygen atoms in total. The topological polar surface area (TPSA) is 109 Å². The van der Waals surface area contributed by atoms with Gasteiger partial charge in [0.15, 0.2) is 0 Å². The zero-order valence-corrected chi connectivity index (χ0v) is 19.1. The molecule has 3 aromatic carbocycles. The predicted octanol–water partition coefficient (Wildman–Crippen LogP) is 5.38. The van der Waals surface area contributed by atoms with Gasteiger partial charge in [0.1, 0.15) is 17.8 Å². The van der Waals surface area contributed by atoms with Crippen molar-refractivity contribution in [1.29, 1.82) is 0 Å². The first kappa shape index (κ1) is 23.5. The minimum Gasteiger partial charge on any atom is -0.416 e. The molecule has 0 fully saturated rings. The number of carbonyl (C=O) groups is 1. The summed E-state index contributed by atoms with van der Waals surface area (Å²) < 4.78 is 10.0. The number of carbonyl (C=O) groups excluding carboxylic acids is 1. The summed E-state index contributed by atoms with van der Waals surface area (Å²) in [5.41, 5.74) is 4.09. The van der Waals surface area contributed by atoms with Crippen molar-refractivity contribution in [2.24, 2.45) is 0 Å². The molecule has 5 aromatic rings. The van der Waals surface area contributed by atoms with Crippen molar-refractivity contribution in [3.8, 4) is 22.5 Å². The van der Waals surface area contributed by atoms with Crippen LogP contribution in [0.5, 0.6) is 0 Å². The Morgan fingerprint density at radius 1 is 0.771 bits per heavy atom. The summed E-state index contributed by atoms with van der Waals surface area (Å²) in [5.74, 6) is -0.677. The van der Waals surface area contributed by atoms with Crippen LogP contribution in [0.25, 0.3) is 22.5 Å². The minimum absolute atomic E-state index is 0.0433. The molecule has 35 heavy (non-hydrogen) atoms. The van der Waals surface area contributed by atoms with Crippen molar-refractivity contribution in [2.45, 2.75) is 19.3 Å². The zero-order chi connectivity index (χ0) is 24.6. The first-order valence-corrected chi connectivity index (χ1v) is 11.1. The number of benzene rings is 3.